The molecule has 5 heteroatoms. The number of aliphatic carboxylic acids is 1. The van der Waals surface area contributed by atoms with E-state index in [1.807, 2.05) is 25.9 Å². The Morgan fingerprint density at radius 2 is 1.75 bits per heavy atom. The number of hydrogen-bond donors (Lipinski definition) is 2. The first-order chi connectivity index (χ1) is 7.27. The highest BCUT2D eigenvalue weighted by Gasteiger charge is 2.13. The Balaban J connectivity index is 4.39. The molecule has 1 unspecified atom stereocenters. The second-order valence-corrected chi connectivity index (χ2v) is 4.08. The SMILES string of the molecule is CC(C(=O)O)=C(C)C(=O)NCC(C)N(C)C. The zero-order valence-corrected chi connectivity index (χ0v) is 10.5. The molecule has 0 aliphatic carbocycles. The summed E-state index contributed by atoms with van der Waals surface area (Å²) >= 11 is 0. The summed E-state index contributed by atoms with van der Waals surface area (Å²) in [6, 6.07) is 0.210. The van der Waals surface area contributed by atoms with E-state index in [2.05, 4.69) is 5.32 Å². The molecule has 0 aliphatic rings. The summed E-state index contributed by atoms with van der Waals surface area (Å²) < 4.78 is 0. The number of likely N-dealkylation sites (N-methyl/N-ethyl adjacent to an activating group) is 1. The van der Waals surface area contributed by atoms with Crippen LogP contribution in [0, 0.1) is 0 Å². The van der Waals surface area contributed by atoms with Crippen LogP contribution in [0.4, 0.5) is 0 Å². The van der Waals surface area contributed by atoms with Crippen LogP contribution in [0.25, 0.3) is 0 Å². The van der Waals surface area contributed by atoms with Gasteiger partial charge in [0.15, 0.2) is 0 Å². The quantitative estimate of drug-likeness (QED) is 0.671. The molecule has 0 aliphatic heterocycles. The lowest BCUT2D eigenvalue weighted by molar-refractivity contribution is -0.133. The first-order valence-electron chi connectivity index (χ1n) is 5.12. The van der Waals surface area contributed by atoms with Crippen molar-refractivity contribution in [3.63, 3.8) is 0 Å². The fourth-order valence-electron chi connectivity index (χ4n) is 0.886. The molecule has 5 nitrogen and oxygen atoms in total. The van der Waals surface area contributed by atoms with Crippen molar-refractivity contribution in [3.05, 3.63) is 11.1 Å². The van der Waals surface area contributed by atoms with E-state index in [-0.39, 0.29) is 23.1 Å². The first-order valence-corrected chi connectivity index (χ1v) is 5.12. The number of carbonyl (C=O) groups is 2. The van der Waals surface area contributed by atoms with Gasteiger partial charge in [0, 0.05) is 23.7 Å². The van der Waals surface area contributed by atoms with Crippen LogP contribution in [0.2, 0.25) is 0 Å². The van der Waals surface area contributed by atoms with Gasteiger partial charge in [0.2, 0.25) is 5.91 Å². The van der Waals surface area contributed by atoms with E-state index in [0.29, 0.717) is 6.54 Å². The predicted molar refractivity (Wildman–Crippen MR) is 62.2 cm³/mol. The molecule has 0 heterocycles. The van der Waals surface area contributed by atoms with E-state index in [0.717, 1.165) is 0 Å². The molecule has 1 amide bonds. The molecular formula is C11H20N2O3. The van der Waals surface area contributed by atoms with Gasteiger partial charge in [0.1, 0.15) is 0 Å². The van der Waals surface area contributed by atoms with Crippen molar-refractivity contribution >= 4 is 11.9 Å². The van der Waals surface area contributed by atoms with Crippen LogP contribution in [0.15, 0.2) is 11.1 Å². The summed E-state index contributed by atoms with van der Waals surface area (Å²) in [5, 5.41) is 11.4. The molecule has 0 radical (unpaired) electrons. The van der Waals surface area contributed by atoms with Crippen molar-refractivity contribution in [1.29, 1.82) is 0 Å². The number of carboxylic acid groups (broad SMARTS) is 1. The standard InChI is InChI=1S/C11H20N2O3/c1-7(13(4)5)6-12-10(14)8(2)9(3)11(15)16/h7H,6H2,1-5H3,(H,12,14)(H,15,16). The van der Waals surface area contributed by atoms with Gasteiger partial charge < -0.3 is 15.3 Å². The number of hydrogen-bond acceptors (Lipinski definition) is 3. The van der Waals surface area contributed by atoms with Gasteiger partial charge in [-0.25, -0.2) is 4.79 Å². The highest BCUT2D eigenvalue weighted by Crippen LogP contribution is 2.03. The van der Waals surface area contributed by atoms with Gasteiger partial charge in [0.05, 0.1) is 0 Å². The highest BCUT2D eigenvalue weighted by molar-refractivity contribution is 6.01. The fraction of sp³-hybridized carbons (Fsp3) is 0.636. The minimum Gasteiger partial charge on any atom is -0.478 e. The molecule has 92 valence electrons. The summed E-state index contributed by atoms with van der Waals surface area (Å²) in [6.07, 6.45) is 0. The van der Waals surface area contributed by atoms with Crippen LogP contribution in [0.1, 0.15) is 20.8 Å². The maximum Gasteiger partial charge on any atom is 0.331 e. The monoisotopic (exact) mass is 228 g/mol. The highest BCUT2D eigenvalue weighted by atomic mass is 16.4. The molecule has 0 saturated carbocycles. The number of amides is 1. The normalized spacial score (nSPS) is 14.4. The van der Waals surface area contributed by atoms with Gasteiger partial charge in [-0.3, -0.25) is 4.79 Å². The molecule has 0 aromatic heterocycles. The van der Waals surface area contributed by atoms with E-state index >= 15 is 0 Å². The Bertz CT molecular complexity index is 308. The predicted octanol–water partition coefficient (Wildman–Crippen LogP) is 0.474. The van der Waals surface area contributed by atoms with Crippen LogP contribution in [0.3, 0.4) is 0 Å². The average molecular weight is 228 g/mol. The summed E-state index contributed by atoms with van der Waals surface area (Å²) in [7, 11) is 3.84. The van der Waals surface area contributed by atoms with Crippen molar-refractivity contribution in [3.8, 4) is 0 Å². The third kappa shape index (κ3) is 4.44. The Morgan fingerprint density at radius 3 is 2.12 bits per heavy atom. The zero-order chi connectivity index (χ0) is 12.9. The van der Waals surface area contributed by atoms with Gasteiger partial charge in [-0.05, 0) is 34.9 Å². The second kappa shape index (κ2) is 6.27. The molecule has 0 aromatic rings. The topological polar surface area (TPSA) is 69.6 Å². The second-order valence-electron chi connectivity index (χ2n) is 4.08. The zero-order valence-electron chi connectivity index (χ0n) is 10.5. The van der Waals surface area contributed by atoms with Crippen LogP contribution >= 0.6 is 0 Å². The van der Waals surface area contributed by atoms with Crippen molar-refractivity contribution in [2.24, 2.45) is 0 Å². The van der Waals surface area contributed by atoms with Crippen molar-refractivity contribution in [2.45, 2.75) is 26.8 Å². The fourth-order valence-corrected chi connectivity index (χ4v) is 0.886. The van der Waals surface area contributed by atoms with E-state index in [4.69, 9.17) is 5.11 Å². The average Bonchev–Trinajstić information content (AvgIpc) is 2.22. The third-order valence-corrected chi connectivity index (χ3v) is 2.66. The van der Waals surface area contributed by atoms with Crippen molar-refractivity contribution < 1.29 is 14.7 Å². The number of rotatable bonds is 5. The van der Waals surface area contributed by atoms with Gasteiger partial charge in [-0.2, -0.15) is 0 Å². The van der Waals surface area contributed by atoms with Gasteiger partial charge in [-0.1, -0.05) is 0 Å². The Hall–Kier alpha value is -1.36. The molecule has 1 atom stereocenters. The molecule has 0 saturated heterocycles. The first kappa shape index (κ1) is 14.6. The van der Waals surface area contributed by atoms with E-state index in [1.165, 1.54) is 13.8 Å². The molecule has 0 rings (SSSR count). The third-order valence-electron chi connectivity index (χ3n) is 2.66. The number of carboxylic acids is 1. The lowest BCUT2D eigenvalue weighted by atomic mass is 10.1. The van der Waals surface area contributed by atoms with Gasteiger partial charge >= 0.3 is 5.97 Å². The number of nitrogens with zero attached hydrogens (tertiary/aromatic N) is 1. The number of nitrogens with one attached hydrogen (secondary N) is 1. The van der Waals surface area contributed by atoms with E-state index < -0.39 is 5.97 Å². The Kier molecular flexibility index (Phi) is 5.74. The molecule has 0 fully saturated rings. The van der Waals surface area contributed by atoms with Gasteiger partial charge in [0.25, 0.3) is 0 Å². The Morgan fingerprint density at radius 1 is 1.25 bits per heavy atom. The molecule has 2 N–H and O–H groups in total. The van der Waals surface area contributed by atoms with Crippen LogP contribution in [-0.4, -0.2) is 48.6 Å². The van der Waals surface area contributed by atoms with E-state index in [1.54, 1.807) is 0 Å². The number of carbonyl (C=O) groups excluding carboxylic acids is 1. The Labute approximate surface area is 96.1 Å². The smallest absolute Gasteiger partial charge is 0.331 e. The minimum atomic E-state index is -1.06. The van der Waals surface area contributed by atoms with E-state index in [9.17, 15) is 9.59 Å². The maximum atomic E-state index is 11.6. The van der Waals surface area contributed by atoms with Gasteiger partial charge in [-0.15, -0.1) is 0 Å². The summed E-state index contributed by atoms with van der Waals surface area (Å²) in [6.45, 7) is 5.41. The lowest BCUT2D eigenvalue weighted by Crippen LogP contribution is -2.38. The van der Waals surface area contributed by atoms with Crippen molar-refractivity contribution in [1.82, 2.24) is 10.2 Å². The summed E-state index contributed by atoms with van der Waals surface area (Å²) in [5.74, 6) is -1.39. The molecular weight excluding hydrogens is 208 g/mol. The molecule has 0 spiro atoms. The molecule has 16 heavy (non-hydrogen) atoms. The maximum absolute atomic E-state index is 11.6. The van der Waals surface area contributed by atoms with Crippen LogP contribution in [-0.2, 0) is 9.59 Å². The summed E-state index contributed by atoms with van der Waals surface area (Å²) in [5.41, 5.74) is 0.327. The summed E-state index contributed by atoms with van der Waals surface area (Å²) in [4.78, 5) is 24.2. The lowest BCUT2D eigenvalue weighted by Gasteiger charge is -2.20. The minimum absolute atomic E-state index is 0.0787. The van der Waals surface area contributed by atoms with Crippen LogP contribution in [0.5, 0.6) is 0 Å². The molecule has 0 aromatic carbocycles. The largest absolute Gasteiger partial charge is 0.478 e. The molecule has 0 bridgehead atoms. The van der Waals surface area contributed by atoms with Crippen molar-refractivity contribution in [2.75, 3.05) is 20.6 Å². The van der Waals surface area contributed by atoms with Crippen LogP contribution < -0.4 is 5.32 Å².